The Labute approximate surface area is 225 Å². The number of rotatable bonds is 9. The lowest BCUT2D eigenvalue weighted by Crippen LogP contribution is -2.49. The van der Waals surface area contributed by atoms with Crippen LogP contribution in [0.15, 0.2) is 30.5 Å². The molecule has 2 saturated heterocycles. The fourth-order valence-electron chi connectivity index (χ4n) is 5.35. The molecule has 0 spiro atoms. The molecule has 2 aliphatic rings. The maximum absolute atomic E-state index is 13.5. The number of anilines is 1. The maximum Gasteiger partial charge on any atom is 0.243 e. The van der Waals surface area contributed by atoms with Crippen LogP contribution in [0, 0.1) is 11.8 Å². The fraction of sp³-hybridized carbons (Fsp3) is 0.607. The Hall–Kier alpha value is -2.95. The van der Waals surface area contributed by atoms with Crippen LogP contribution in [0.4, 0.5) is 5.69 Å². The molecule has 3 heterocycles. The number of aromatic nitrogens is 2. The lowest BCUT2D eigenvalue weighted by Gasteiger charge is -2.34. The average Bonchev–Trinajstić information content (AvgIpc) is 3.57. The van der Waals surface area contributed by atoms with Crippen LogP contribution in [-0.4, -0.2) is 88.2 Å². The monoisotopic (exact) mass is 526 g/mol. The molecule has 4 atom stereocenters. The van der Waals surface area contributed by atoms with Crippen molar-refractivity contribution < 1.29 is 19.8 Å². The highest BCUT2D eigenvalue weighted by Gasteiger charge is 2.41. The molecule has 1 aromatic heterocycles. The third kappa shape index (κ3) is 5.87. The van der Waals surface area contributed by atoms with Crippen molar-refractivity contribution in [3.8, 4) is 11.3 Å². The van der Waals surface area contributed by atoms with Crippen LogP contribution >= 0.6 is 0 Å². The first kappa shape index (κ1) is 28.1. The van der Waals surface area contributed by atoms with Crippen LogP contribution in [0.1, 0.15) is 45.7 Å². The molecule has 10 nitrogen and oxygen atoms in total. The molecule has 2 aromatic rings. The molecule has 0 radical (unpaired) electrons. The van der Waals surface area contributed by atoms with Crippen LogP contribution in [0.2, 0.25) is 0 Å². The number of benzene rings is 1. The summed E-state index contributed by atoms with van der Waals surface area (Å²) < 4.78 is 1.94. The van der Waals surface area contributed by atoms with Gasteiger partial charge in [0.15, 0.2) is 0 Å². The molecule has 4 rings (SSSR count). The maximum atomic E-state index is 13.5. The number of aliphatic hydroxyl groups is 2. The lowest BCUT2D eigenvalue weighted by atomic mass is 9.96. The van der Waals surface area contributed by atoms with Gasteiger partial charge in [0.05, 0.1) is 24.4 Å². The molecule has 4 unspecified atom stereocenters. The SMILES string of the molecule is CCn1nccc1-c1ccc(C(CO)NC(=O)C2CC(O)CN2C(=O)C(C)C(C)C)c(N2CCNCC2)c1. The molecule has 0 aliphatic carbocycles. The molecule has 38 heavy (non-hydrogen) atoms. The Bertz CT molecular complexity index is 1110. The Morgan fingerprint density at radius 1 is 1.18 bits per heavy atom. The Balaban J connectivity index is 1.62. The summed E-state index contributed by atoms with van der Waals surface area (Å²) in [4.78, 5) is 30.4. The minimum atomic E-state index is -0.770. The van der Waals surface area contributed by atoms with Gasteiger partial charge in [-0.1, -0.05) is 32.9 Å². The summed E-state index contributed by atoms with van der Waals surface area (Å²) in [6.07, 6.45) is 1.23. The zero-order chi connectivity index (χ0) is 27.4. The van der Waals surface area contributed by atoms with E-state index >= 15 is 0 Å². The minimum absolute atomic E-state index is 0.123. The van der Waals surface area contributed by atoms with Gasteiger partial charge in [0, 0.05) is 74.6 Å². The van der Waals surface area contributed by atoms with E-state index in [4.69, 9.17) is 0 Å². The van der Waals surface area contributed by atoms with Crippen LogP contribution < -0.4 is 15.5 Å². The van der Waals surface area contributed by atoms with Gasteiger partial charge in [0.2, 0.25) is 11.8 Å². The van der Waals surface area contributed by atoms with Gasteiger partial charge in [0.1, 0.15) is 6.04 Å². The standard InChI is InChI=1S/C28H42N6O4/c1-5-34-24(8-9-30-34)20-6-7-22(25(14-20)32-12-10-29-11-13-32)23(17-35)31-27(37)26-15-21(36)16-33(26)28(38)19(4)18(2)3/h6-9,14,18-19,21,23,26,29,35-36H,5,10-13,15-17H2,1-4H3,(H,31,37). The van der Waals surface area contributed by atoms with Gasteiger partial charge < -0.3 is 30.6 Å². The van der Waals surface area contributed by atoms with Gasteiger partial charge in [-0.15, -0.1) is 0 Å². The van der Waals surface area contributed by atoms with Gasteiger partial charge in [-0.25, -0.2) is 0 Å². The molecule has 1 aromatic carbocycles. The number of piperazine rings is 1. The van der Waals surface area contributed by atoms with Crippen molar-refractivity contribution in [3.05, 3.63) is 36.0 Å². The van der Waals surface area contributed by atoms with Gasteiger partial charge in [-0.05, 0) is 25.0 Å². The number of aliphatic hydroxyl groups excluding tert-OH is 2. The number of carbonyl (C=O) groups excluding carboxylic acids is 2. The van der Waals surface area contributed by atoms with Crippen LogP contribution in [0.25, 0.3) is 11.3 Å². The van der Waals surface area contributed by atoms with Gasteiger partial charge in [0.25, 0.3) is 0 Å². The number of aryl methyl sites for hydroxylation is 1. The number of carbonyl (C=O) groups is 2. The van der Waals surface area contributed by atoms with E-state index in [1.54, 1.807) is 6.20 Å². The normalized spacial score (nSPS) is 21.6. The van der Waals surface area contributed by atoms with E-state index < -0.39 is 18.2 Å². The van der Waals surface area contributed by atoms with E-state index in [1.807, 2.05) is 43.7 Å². The quantitative estimate of drug-likeness (QED) is 0.389. The summed E-state index contributed by atoms with van der Waals surface area (Å²) in [5.41, 5.74) is 3.80. The molecular formula is C28H42N6O4. The van der Waals surface area contributed by atoms with Crippen LogP contribution in [-0.2, 0) is 16.1 Å². The van der Waals surface area contributed by atoms with Crippen molar-refractivity contribution in [1.82, 2.24) is 25.3 Å². The number of nitrogens with zero attached hydrogens (tertiary/aromatic N) is 4. The number of hydrogen-bond donors (Lipinski definition) is 4. The molecule has 208 valence electrons. The highest BCUT2D eigenvalue weighted by atomic mass is 16.3. The third-order valence-electron chi connectivity index (χ3n) is 7.93. The summed E-state index contributed by atoms with van der Waals surface area (Å²) in [6.45, 7) is 11.8. The number of likely N-dealkylation sites (tertiary alicyclic amines) is 1. The highest BCUT2D eigenvalue weighted by Crippen LogP contribution is 2.33. The summed E-state index contributed by atoms with van der Waals surface area (Å²) in [7, 11) is 0. The van der Waals surface area contributed by atoms with E-state index in [0.717, 1.165) is 55.2 Å². The number of nitrogens with one attached hydrogen (secondary N) is 2. The molecule has 2 amide bonds. The topological polar surface area (TPSA) is 123 Å². The van der Waals surface area contributed by atoms with Gasteiger partial charge >= 0.3 is 0 Å². The first-order chi connectivity index (χ1) is 18.2. The van der Waals surface area contributed by atoms with Crippen molar-refractivity contribution in [2.75, 3.05) is 44.2 Å². The zero-order valence-corrected chi connectivity index (χ0v) is 22.9. The molecule has 2 fully saturated rings. The van der Waals surface area contributed by atoms with E-state index in [2.05, 4.69) is 33.6 Å². The number of hydrogen-bond acceptors (Lipinski definition) is 7. The molecule has 2 aliphatic heterocycles. The summed E-state index contributed by atoms with van der Waals surface area (Å²) >= 11 is 0. The number of amides is 2. The smallest absolute Gasteiger partial charge is 0.243 e. The summed E-state index contributed by atoms with van der Waals surface area (Å²) in [5.74, 6) is -0.620. The Kier molecular flexibility index (Phi) is 9.07. The predicted octanol–water partition coefficient (Wildman–Crippen LogP) is 1.38. The van der Waals surface area contributed by atoms with Gasteiger partial charge in [-0.2, -0.15) is 5.10 Å². The highest BCUT2D eigenvalue weighted by molar-refractivity contribution is 5.89. The number of β-amino-alcohol motifs (C(OH)–C–C–N with tert-alkyl or cyclic N) is 1. The van der Waals surface area contributed by atoms with Crippen molar-refractivity contribution in [2.24, 2.45) is 11.8 Å². The predicted molar refractivity (Wildman–Crippen MR) is 147 cm³/mol. The lowest BCUT2D eigenvalue weighted by molar-refractivity contribution is -0.142. The van der Waals surface area contributed by atoms with E-state index in [1.165, 1.54) is 4.90 Å². The van der Waals surface area contributed by atoms with Crippen molar-refractivity contribution in [2.45, 2.75) is 58.8 Å². The second kappa shape index (κ2) is 12.3. The van der Waals surface area contributed by atoms with Crippen molar-refractivity contribution >= 4 is 17.5 Å². The van der Waals surface area contributed by atoms with Crippen molar-refractivity contribution in [1.29, 1.82) is 0 Å². The van der Waals surface area contributed by atoms with Crippen LogP contribution in [0.5, 0.6) is 0 Å². The van der Waals surface area contributed by atoms with Crippen LogP contribution in [0.3, 0.4) is 0 Å². The summed E-state index contributed by atoms with van der Waals surface area (Å²) in [6, 6.07) is 6.63. The summed E-state index contributed by atoms with van der Waals surface area (Å²) in [5, 5.41) is 31.5. The molecule has 10 heteroatoms. The third-order valence-corrected chi connectivity index (χ3v) is 7.93. The Morgan fingerprint density at radius 2 is 1.92 bits per heavy atom. The van der Waals surface area contributed by atoms with Gasteiger partial charge in [-0.3, -0.25) is 14.3 Å². The second-order valence-electron chi connectivity index (χ2n) is 10.7. The van der Waals surface area contributed by atoms with E-state index in [0.29, 0.717) is 0 Å². The first-order valence-corrected chi connectivity index (χ1v) is 13.8. The molecule has 0 bridgehead atoms. The fourth-order valence-corrected chi connectivity index (χ4v) is 5.35. The Morgan fingerprint density at radius 3 is 2.58 bits per heavy atom. The second-order valence-corrected chi connectivity index (χ2v) is 10.7. The van der Waals surface area contributed by atoms with E-state index in [-0.39, 0.29) is 43.2 Å². The average molecular weight is 527 g/mol. The minimum Gasteiger partial charge on any atom is -0.394 e. The molecule has 0 saturated carbocycles. The first-order valence-electron chi connectivity index (χ1n) is 13.8. The zero-order valence-electron chi connectivity index (χ0n) is 22.9. The van der Waals surface area contributed by atoms with Crippen molar-refractivity contribution in [3.63, 3.8) is 0 Å². The molecular weight excluding hydrogens is 484 g/mol. The van der Waals surface area contributed by atoms with E-state index in [9.17, 15) is 19.8 Å². The largest absolute Gasteiger partial charge is 0.394 e. The molecule has 4 N–H and O–H groups in total.